The summed E-state index contributed by atoms with van der Waals surface area (Å²) in [5.74, 6) is -0.336. The molecule has 1 aliphatic carbocycles. The first-order valence-electron chi connectivity index (χ1n) is 7.72. The van der Waals surface area contributed by atoms with E-state index < -0.39 is 11.5 Å². The zero-order chi connectivity index (χ0) is 17.3. The quantitative estimate of drug-likeness (QED) is 0.840. The zero-order valence-electron chi connectivity index (χ0n) is 13.5. The van der Waals surface area contributed by atoms with Crippen LogP contribution in [-0.2, 0) is 6.42 Å². The molecule has 6 heteroatoms. The van der Waals surface area contributed by atoms with Crippen LogP contribution in [0.3, 0.4) is 0 Å². The van der Waals surface area contributed by atoms with Gasteiger partial charge in [0.1, 0.15) is 5.56 Å². The molecule has 0 radical (unpaired) electrons. The third-order valence-corrected chi connectivity index (χ3v) is 4.81. The summed E-state index contributed by atoms with van der Waals surface area (Å²) in [7, 11) is 0. The number of hydrogen-bond donors (Lipinski definition) is 2. The Hall–Kier alpha value is -2.34. The molecule has 0 bridgehead atoms. The lowest BCUT2D eigenvalue weighted by Crippen LogP contribution is -2.29. The van der Waals surface area contributed by atoms with Gasteiger partial charge < -0.3 is 10.3 Å². The fraction of sp³-hybridized carbons (Fsp3) is 0.278. The monoisotopic (exact) mass is 342 g/mol. The van der Waals surface area contributed by atoms with E-state index in [1.165, 1.54) is 6.07 Å². The second-order valence-corrected chi connectivity index (χ2v) is 6.91. The Bertz CT molecular complexity index is 873. The van der Waals surface area contributed by atoms with Crippen molar-refractivity contribution in [1.29, 1.82) is 0 Å². The summed E-state index contributed by atoms with van der Waals surface area (Å²) in [6.45, 7) is 1.97. The predicted octanol–water partition coefficient (Wildman–Crippen LogP) is 3.11. The molecule has 0 aliphatic heterocycles. The Kier molecular flexibility index (Phi) is 4.57. The summed E-state index contributed by atoms with van der Waals surface area (Å²) in [5.41, 5.74) is 1.20. The molecule has 0 saturated carbocycles. The largest absolute Gasteiger partial charge is 0.325 e. The summed E-state index contributed by atoms with van der Waals surface area (Å²) in [6, 6.07) is 8.80. The van der Waals surface area contributed by atoms with Crippen molar-refractivity contribution in [1.82, 2.24) is 4.98 Å². The van der Waals surface area contributed by atoms with E-state index >= 15 is 0 Å². The minimum atomic E-state index is -0.510. The van der Waals surface area contributed by atoms with Crippen molar-refractivity contribution in [3.8, 4) is 0 Å². The lowest BCUT2D eigenvalue weighted by Gasteiger charge is -2.20. The van der Waals surface area contributed by atoms with Crippen molar-refractivity contribution < 1.29 is 9.59 Å². The van der Waals surface area contributed by atoms with Gasteiger partial charge in [-0.25, -0.2) is 0 Å². The van der Waals surface area contributed by atoms with Crippen LogP contribution < -0.4 is 10.9 Å². The van der Waals surface area contributed by atoms with Gasteiger partial charge in [-0.1, -0.05) is 13.0 Å². The second-order valence-electron chi connectivity index (χ2n) is 6.03. The third kappa shape index (κ3) is 3.28. The van der Waals surface area contributed by atoms with Crippen LogP contribution in [0.5, 0.6) is 0 Å². The van der Waals surface area contributed by atoms with Crippen molar-refractivity contribution in [2.75, 3.05) is 11.6 Å². The van der Waals surface area contributed by atoms with Gasteiger partial charge in [-0.3, -0.25) is 14.4 Å². The van der Waals surface area contributed by atoms with Gasteiger partial charge >= 0.3 is 0 Å². The zero-order valence-corrected chi connectivity index (χ0v) is 14.3. The maximum Gasteiger partial charge on any atom is 0.261 e. The number of nitrogens with one attached hydrogen (secondary N) is 2. The number of carbonyl (C=O) groups is 2. The highest BCUT2D eigenvalue weighted by Crippen LogP contribution is 2.24. The molecule has 1 aliphatic rings. The van der Waals surface area contributed by atoms with Crippen LogP contribution in [0.2, 0.25) is 0 Å². The van der Waals surface area contributed by atoms with Gasteiger partial charge in [0.2, 0.25) is 0 Å². The molecule has 2 N–H and O–H groups in total. The summed E-state index contributed by atoms with van der Waals surface area (Å²) in [4.78, 5) is 40.6. The van der Waals surface area contributed by atoms with Gasteiger partial charge in [-0.05, 0) is 42.9 Å². The highest BCUT2D eigenvalue weighted by atomic mass is 32.2. The van der Waals surface area contributed by atoms with E-state index in [1.807, 2.05) is 31.4 Å². The first-order valence-corrected chi connectivity index (χ1v) is 8.95. The average Bonchev–Trinajstić information content (AvgIpc) is 2.54. The molecule has 2 aromatic rings. The normalized spacial score (nSPS) is 16.6. The molecule has 0 fully saturated rings. The van der Waals surface area contributed by atoms with Gasteiger partial charge in [0.25, 0.3) is 11.5 Å². The van der Waals surface area contributed by atoms with Gasteiger partial charge in [-0.2, -0.15) is 0 Å². The van der Waals surface area contributed by atoms with Gasteiger partial charge in [-0.15, -0.1) is 11.8 Å². The molecule has 3 rings (SSSR count). The van der Waals surface area contributed by atoms with Crippen LogP contribution in [-0.4, -0.2) is 22.9 Å². The molecule has 5 nitrogen and oxygen atoms in total. The number of amides is 1. The van der Waals surface area contributed by atoms with Crippen molar-refractivity contribution in [2.24, 2.45) is 5.92 Å². The maximum absolute atomic E-state index is 12.4. The molecule has 0 saturated heterocycles. The fourth-order valence-corrected chi connectivity index (χ4v) is 3.35. The van der Waals surface area contributed by atoms with Crippen LogP contribution in [0.25, 0.3) is 0 Å². The molecule has 1 aromatic carbocycles. The number of benzene rings is 1. The lowest BCUT2D eigenvalue weighted by molar-refractivity contribution is 0.0952. The summed E-state index contributed by atoms with van der Waals surface area (Å²) < 4.78 is 0. The van der Waals surface area contributed by atoms with Crippen molar-refractivity contribution in [3.63, 3.8) is 0 Å². The Morgan fingerprint density at radius 2 is 2.04 bits per heavy atom. The molecular formula is C18H18N2O3S. The topological polar surface area (TPSA) is 79.0 Å². The molecule has 0 spiro atoms. The first kappa shape index (κ1) is 16.5. The number of pyridine rings is 1. The molecule has 24 heavy (non-hydrogen) atoms. The van der Waals surface area contributed by atoms with E-state index in [0.717, 1.165) is 4.90 Å². The molecule has 1 heterocycles. The average molecular weight is 342 g/mol. The minimum Gasteiger partial charge on any atom is -0.325 e. The van der Waals surface area contributed by atoms with Crippen molar-refractivity contribution in [2.45, 2.75) is 24.7 Å². The number of H-pyrrole nitrogens is 1. The Morgan fingerprint density at radius 1 is 1.25 bits per heavy atom. The molecule has 1 unspecified atom stereocenters. The molecule has 124 valence electrons. The SMILES string of the molecule is CSc1cccc(NC(=O)c2cc3c([nH]c2=O)CC(C)CC3=O)c1. The second kappa shape index (κ2) is 6.65. The summed E-state index contributed by atoms with van der Waals surface area (Å²) in [6.07, 6.45) is 3.03. The number of carbonyl (C=O) groups excluding carboxylic acids is 2. The van der Waals surface area contributed by atoms with Crippen molar-refractivity contribution in [3.05, 3.63) is 57.5 Å². The molecule has 1 atom stereocenters. The number of aromatic amines is 1. The van der Waals surface area contributed by atoms with Crippen molar-refractivity contribution >= 4 is 29.1 Å². The number of ketones is 1. The highest BCUT2D eigenvalue weighted by Gasteiger charge is 2.25. The number of rotatable bonds is 3. The number of anilines is 1. The number of aromatic nitrogens is 1. The fourth-order valence-electron chi connectivity index (χ4n) is 2.89. The van der Waals surface area contributed by atoms with Crippen LogP contribution in [0, 0.1) is 5.92 Å². The molecular weight excluding hydrogens is 324 g/mol. The molecule has 1 aromatic heterocycles. The number of thioether (sulfide) groups is 1. The smallest absolute Gasteiger partial charge is 0.261 e. The minimum absolute atomic E-state index is 0.0292. The highest BCUT2D eigenvalue weighted by molar-refractivity contribution is 7.98. The van der Waals surface area contributed by atoms with E-state index in [1.54, 1.807) is 17.8 Å². The van der Waals surface area contributed by atoms with Gasteiger partial charge in [0.05, 0.1) is 0 Å². The van der Waals surface area contributed by atoms with Crippen LogP contribution >= 0.6 is 11.8 Å². The number of Topliss-reactive ketones (excluding diaryl/α,β-unsaturated/α-hetero) is 1. The summed E-state index contributed by atoms with van der Waals surface area (Å²) in [5, 5.41) is 2.72. The predicted molar refractivity (Wildman–Crippen MR) is 95.1 cm³/mol. The van der Waals surface area contributed by atoms with E-state index in [4.69, 9.17) is 0 Å². The van der Waals surface area contributed by atoms with Crippen LogP contribution in [0.15, 0.2) is 40.0 Å². The standard InChI is InChI=1S/C18H18N2O3S/c1-10-6-15-13(16(21)7-10)9-14(18(23)20-15)17(22)19-11-4-3-5-12(8-11)24-2/h3-5,8-10H,6-7H2,1-2H3,(H,19,22)(H,20,23). The first-order chi connectivity index (χ1) is 11.5. The van der Waals surface area contributed by atoms with Crippen LogP contribution in [0.4, 0.5) is 5.69 Å². The van der Waals surface area contributed by atoms with E-state index in [2.05, 4.69) is 10.3 Å². The van der Waals surface area contributed by atoms with Crippen LogP contribution in [0.1, 0.15) is 39.8 Å². The Balaban J connectivity index is 1.91. The molecule has 1 amide bonds. The van der Waals surface area contributed by atoms with Gasteiger partial charge in [0, 0.05) is 28.3 Å². The van der Waals surface area contributed by atoms with Gasteiger partial charge in [0.15, 0.2) is 5.78 Å². The number of hydrogen-bond acceptors (Lipinski definition) is 4. The van der Waals surface area contributed by atoms with E-state index in [-0.39, 0.29) is 17.3 Å². The third-order valence-electron chi connectivity index (χ3n) is 4.08. The lowest BCUT2D eigenvalue weighted by atomic mass is 9.86. The Morgan fingerprint density at radius 3 is 2.79 bits per heavy atom. The number of fused-ring (bicyclic) bond motifs is 1. The maximum atomic E-state index is 12.4. The van der Waals surface area contributed by atoms with E-state index in [0.29, 0.717) is 29.8 Å². The summed E-state index contributed by atoms with van der Waals surface area (Å²) >= 11 is 1.56. The Labute approximate surface area is 143 Å². The van der Waals surface area contributed by atoms with E-state index in [9.17, 15) is 14.4 Å².